The minimum Gasteiger partial charge on any atom is -0.483 e. The van der Waals surface area contributed by atoms with Crippen LogP contribution in [0.3, 0.4) is 0 Å². The molecule has 7 nitrogen and oxygen atoms in total. The molecule has 1 amide bonds. The summed E-state index contributed by atoms with van der Waals surface area (Å²) in [6.07, 6.45) is 1.63. The Labute approximate surface area is 160 Å². The SMILES string of the molecule is COCc1nc2n(n1)CC(NC(=O)COc1ccccc1C(C)(C)C)CC2. The summed E-state index contributed by atoms with van der Waals surface area (Å²) in [6.45, 7) is 7.41. The summed E-state index contributed by atoms with van der Waals surface area (Å²) in [5.74, 6) is 2.26. The molecule has 2 aromatic rings. The van der Waals surface area contributed by atoms with E-state index in [1.807, 2.05) is 28.9 Å². The van der Waals surface area contributed by atoms with Crippen molar-refractivity contribution in [1.82, 2.24) is 20.1 Å². The number of aromatic nitrogens is 3. The average Bonchev–Trinajstić information content (AvgIpc) is 3.01. The van der Waals surface area contributed by atoms with Crippen molar-refractivity contribution in [2.75, 3.05) is 13.7 Å². The lowest BCUT2D eigenvalue weighted by Gasteiger charge is -2.24. The molecular weight excluding hydrogens is 344 g/mol. The fraction of sp³-hybridized carbons (Fsp3) is 0.550. The van der Waals surface area contributed by atoms with Gasteiger partial charge in [0.1, 0.15) is 18.2 Å². The Balaban J connectivity index is 1.55. The number of amides is 1. The molecule has 0 bridgehead atoms. The molecule has 0 saturated carbocycles. The van der Waals surface area contributed by atoms with Gasteiger partial charge in [-0.15, -0.1) is 0 Å². The molecule has 1 aliphatic rings. The van der Waals surface area contributed by atoms with Crippen molar-refractivity contribution in [3.05, 3.63) is 41.5 Å². The molecule has 0 aliphatic carbocycles. The van der Waals surface area contributed by atoms with E-state index in [9.17, 15) is 4.79 Å². The van der Waals surface area contributed by atoms with Gasteiger partial charge in [-0.3, -0.25) is 4.79 Å². The number of methoxy groups -OCH3 is 1. The molecule has 1 unspecified atom stereocenters. The minimum atomic E-state index is -0.121. The second-order valence-electron chi connectivity index (χ2n) is 7.90. The topological polar surface area (TPSA) is 78.3 Å². The van der Waals surface area contributed by atoms with Crippen molar-refractivity contribution >= 4 is 5.91 Å². The maximum atomic E-state index is 12.4. The first-order chi connectivity index (χ1) is 12.9. The lowest BCUT2D eigenvalue weighted by atomic mass is 9.86. The fourth-order valence-corrected chi connectivity index (χ4v) is 3.29. The first kappa shape index (κ1) is 19.4. The molecule has 0 saturated heterocycles. The van der Waals surface area contributed by atoms with Gasteiger partial charge in [0.2, 0.25) is 0 Å². The Morgan fingerprint density at radius 2 is 2.11 bits per heavy atom. The summed E-state index contributed by atoms with van der Waals surface area (Å²) in [5, 5.41) is 7.47. The molecule has 1 aliphatic heterocycles. The Bertz CT molecular complexity index is 795. The van der Waals surface area contributed by atoms with E-state index in [1.165, 1.54) is 0 Å². The third-order valence-electron chi connectivity index (χ3n) is 4.59. The molecule has 7 heteroatoms. The van der Waals surface area contributed by atoms with Crippen molar-refractivity contribution in [1.29, 1.82) is 0 Å². The Hall–Kier alpha value is -2.41. The molecule has 2 heterocycles. The van der Waals surface area contributed by atoms with Crippen molar-refractivity contribution in [3.8, 4) is 5.75 Å². The van der Waals surface area contributed by atoms with E-state index < -0.39 is 0 Å². The quantitative estimate of drug-likeness (QED) is 0.841. The molecule has 0 radical (unpaired) electrons. The molecule has 1 aromatic heterocycles. The molecule has 0 spiro atoms. The summed E-state index contributed by atoms with van der Waals surface area (Å²) >= 11 is 0. The number of benzene rings is 1. The number of para-hydroxylation sites is 1. The van der Waals surface area contributed by atoms with Gasteiger partial charge in [0, 0.05) is 19.6 Å². The van der Waals surface area contributed by atoms with Crippen molar-refractivity contribution < 1.29 is 14.3 Å². The zero-order chi connectivity index (χ0) is 19.4. The van der Waals surface area contributed by atoms with Gasteiger partial charge in [0.25, 0.3) is 5.91 Å². The van der Waals surface area contributed by atoms with E-state index in [2.05, 4.69) is 36.2 Å². The van der Waals surface area contributed by atoms with Gasteiger partial charge < -0.3 is 14.8 Å². The maximum Gasteiger partial charge on any atom is 0.258 e. The highest BCUT2D eigenvalue weighted by Crippen LogP contribution is 2.30. The van der Waals surface area contributed by atoms with Crippen LogP contribution < -0.4 is 10.1 Å². The molecular formula is C20H28N4O3. The van der Waals surface area contributed by atoms with Crippen LogP contribution in [-0.4, -0.2) is 40.4 Å². The van der Waals surface area contributed by atoms with Crippen molar-refractivity contribution in [2.24, 2.45) is 0 Å². The Morgan fingerprint density at radius 1 is 1.33 bits per heavy atom. The first-order valence-electron chi connectivity index (χ1n) is 9.30. The van der Waals surface area contributed by atoms with Gasteiger partial charge in [-0.1, -0.05) is 39.0 Å². The second-order valence-corrected chi connectivity index (χ2v) is 7.90. The summed E-state index contributed by atoms with van der Waals surface area (Å²) in [6, 6.07) is 7.89. The number of nitrogens with zero attached hydrogens (tertiary/aromatic N) is 3. The highest BCUT2D eigenvalue weighted by molar-refractivity contribution is 5.77. The van der Waals surface area contributed by atoms with E-state index in [0.717, 1.165) is 30.0 Å². The van der Waals surface area contributed by atoms with Crippen LogP contribution in [-0.2, 0) is 34.5 Å². The van der Waals surface area contributed by atoms with Crippen LogP contribution in [0.2, 0.25) is 0 Å². The van der Waals surface area contributed by atoms with E-state index in [0.29, 0.717) is 19.0 Å². The van der Waals surface area contributed by atoms with E-state index in [1.54, 1.807) is 7.11 Å². The number of hydrogen-bond acceptors (Lipinski definition) is 5. The summed E-state index contributed by atoms with van der Waals surface area (Å²) < 4.78 is 12.7. The zero-order valence-corrected chi connectivity index (χ0v) is 16.5. The van der Waals surface area contributed by atoms with Crippen molar-refractivity contribution in [3.63, 3.8) is 0 Å². The number of rotatable bonds is 6. The molecule has 1 aromatic carbocycles. The van der Waals surface area contributed by atoms with Gasteiger partial charge in [-0.2, -0.15) is 5.10 Å². The largest absolute Gasteiger partial charge is 0.483 e. The third-order valence-corrected chi connectivity index (χ3v) is 4.59. The van der Waals surface area contributed by atoms with Crippen LogP contribution in [0.25, 0.3) is 0 Å². The number of carbonyl (C=O) groups is 1. The molecule has 1 atom stereocenters. The monoisotopic (exact) mass is 372 g/mol. The van der Waals surface area contributed by atoms with Gasteiger partial charge in [0.15, 0.2) is 12.4 Å². The molecule has 1 N–H and O–H groups in total. The Kier molecular flexibility index (Phi) is 5.79. The minimum absolute atomic E-state index is 0.00271. The van der Waals surface area contributed by atoms with Crippen LogP contribution in [0.15, 0.2) is 24.3 Å². The lowest BCUT2D eigenvalue weighted by molar-refractivity contribution is -0.124. The van der Waals surface area contributed by atoms with E-state index in [-0.39, 0.29) is 24.0 Å². The van der Waals surface area contributed by atoms with Gasteiger partial charge in [-0.05, 0) is 23.5 Å². The highest BCUT2D eigenvalue weighted by Gasteiger charge is 2.24. The third kappa shape index (κ3) is 4.86. The summed E-state index contributed by atoms with van der Waals surface area (Å²) in [7, 11) is 1.63. The fourth-order valence-electron chi connectivity index (χ4n) is 3.29. The maximum absolute atomic E-state index is 12.4. The number of carbonyl (C=O) groups excluding carboxylic acids is 1. The first-order valence-corrected chi connectivity index (χ1v) is 9.30. The van der Waals surface area contributed by atoms with Crippen LogP contribution in [0.4, 0.5) is 0 Å². The van der Waals surface area contributed by atoms with Gasteiger partial charge in [0.05, 0.1) is 6.54 Å². The number of hydrogen-bond donors (Lipinski definition) is 1. The smallest absolute Gasteiger partial charge is 0.258 e. The predicted octanol–water partition coefficient (Wildman–Crippen LogP) is 2.23. The van der Waals surface area contributed by atoms with Gasteiger partial charge >= 0.3 is 0 Å². The van der Waals surface area contributed by atoms with E-state index in [4.69, 9.17) is 9.47 Å². The Morgan fingerprint density at radius 3 is 2.85 bits per heavy atom. The lowest BCUT2D eigenvalue weighted by Crippen LogP contribution is -2.43. The number of ether oxygens (including phenoxy) is 2. The number of nitrogens with one attached hydrogen (secondary N) is 1. The normalized spacial score (nSPS) is 16.7. The van der Waals surface area contributed by atoms with Crippen LogP contribution in [0.5, 0.6) is 5.75 Å². The van der Waals surface area contributed by atoms with Gasteiger partial charge in [-0.25, -0.2) is 9.67 Å². The number of fused-ring (bicyclic) bond motifs is 1. The average molecular weight is 372 g/mol. The van der Waals surface area contributed by atoms with Crippen molar-refractivity contribution in [2.45, 2.75) is 58.2 Å². The van der Waals surface area contributed by atoms with Crippen LogP contribution in [0.1, 0.15) is 44.4 Å². The summed E-state index contributed by atoms with van der Waals surface area (Å²) in [4.78, 5) is 16.8. The predicted molar refractivity (Wildman–Crippen MR) is 102 cm³/mol. The number of aryl methyl sites for hydroxylation is 1. The standard InChI is InChI=1S/C20H28N4O3/c1-20(2,3)15-7-5-6-8-16(15)27-13-19(25)21-14-9-10-18-22-17(12-26-4)23-24(18)11-14/h5-8,14H,9-13H2,1-4H3,(H,21,25). The molecule has 146 valence electrons. The van der Waals surface area contributed by atoms with Crippen LogP contribution >= 0.6 is 0 Å². The summed E-state index contributed by atoms with van der Waals surface area (Å²) in [5.41, 5.74) is 1.05. The molecule has 3 rings (SSSR count). The molecule has 27 heavy (non-hydrogen) atoms. The van der Waals surface area contributed by atoms with Crippen LogP contribution in [0, 0.1) is 0 Å². The molecule has 0 fully saturated rings. The zero-order valence-electron chi connectivity index (χ0n) is 16.5. The second kappa shape index (κ2) is 8.08. The van der Waals surface area contributed by atoms with E-state index >= 15 is 0 Å². The highest BCUT2D eigenvalue weighted by atomic mass is 16.5.